The van der Waals surface area contributed by atoms with Gasteiger partial charge in [0.05, 0.1) is 24.0 Å². The zero-order valence-corrected chi connectivity index (χ0v) is 7.69. The van der Waals surface area contributed by atoms with Gasteiger partial charge in [0.15, 0.2) is 0 Å². The van der Waals surface area contributed by atoms with E-state index in [0.717, 1.165) is 0 Å². The third-order valence-corrected chi connectivity index (χ3v) is 2.84. The predicted octanol–water partition coefficient (Wildman–Crippen LogP) is 0.734. The fourth-order valence-electron chi connectivity index (χ4n) is 2.28. The first kappa shape index (κ1) is 8.63. The van der Waals surface area contributed by atoms with Gasteiger partial charge in [-0.3, -0.25) is 9.59 Å². The Morgan fingerprint density at radius 3 is 1.69 bits per heavy atom. The molecule has 3 heteroatoms. The van der Waals surface area contributed by atoms with Crippen LogP contribution in [-0.4, -0.2) is 23.8 Å². The summed E-state index contributed by atoms with van der Waals surface area (Å²) in [5.74, 6) is -0.380. The van der Waals surface area contributed by atoms with Crippen molar-refractivity contribution in [2.75, 3.05) is 0 Å². The molecule has 0 aromatic rings. The van der Waals surface area contributed by atoms with Gasteiger partial charge in [0.1, 0.15) is 11.6 Å². The minimum atomic E-state index is -0.243. The highest BCUT2D eigenvalue weighted by Crippen LogP contribution is 2.39. The maximum atomic E-state index is 11.3. The van der Waals surface area contributed by atoms with E-state index in [2.05, 4.69) is 0 Å². The molecule has 4 atom stereocenters. The van der Waals surface area contributed by atoms with Crippen LogP contribution < -0.4 is 0 Å². The predicted molar refractivity (Wildman–Crippen MR) is 46.1 cm³/mol. The van der Waals surface area contributed by atoms with Gasteiger partial charge in [-0.1, -0.05) is 12.2 Å². The molecule has 0 radical (unpaired) electrons. The summed E-state index contributed by atoms with van der Waals surface area (Å²) in [5.41, 5.74) is 0. The second-order valence-electron chi connectivity index (χ2n) is 3.72. The fourth-order valence-corrected chi connectivity index (χ4v) is 2.28. The SMILES string of the molecule is CC(=O)[C@@H]1[C@H](C(C)=O)[C@H]2C=C[C@@H]1O2. The Balaban J connectivity index is 2.30. The van der Waals surface area contributed by atoms with Crippen molar-refractivity contribution >= 4 is 11.6 Å². The van der Waals surface area contributed by atoms with Crippen molar-refractivity contribution in [3.05, 3.63) is 12.2 Å². The van der Waals surface area contributed by atoms with Crippen molar-refractivity contribution < 1.29 is 14.3 Å². The molecule has 0 aliphatic carbocycles. The van der Waals surface area contributed by atoms with Gasteiger partial charge >= 0.3 is 0 Å². The van der Waals surface area contributed by atoms with Crippen LogP contribution in [0.5, 0.6) is 0 Å². The monoisotopic (exact) mass is 180 g/mol. The molecule has 0 N–H and O–H groups in total. The fraction of sp³-hybridized carbons (Fsp3) is 0.600. The van der Waals surface area contributed by atoms with Crippen molar-refractivity contribution in [1.29, 1.82) is 0 Å². The van der Waals surface area contributed by atoms with E-state index >= 15 is 0 Å². The van der Waals surface area contributed by atoms with Crippen LogP contribution in [0.25, 0.3) is 0 Å². The minimum absolute atomic E-state index is 0.0528. The molecule has 0 saturated carbocycles. The van der Waals surface area contributed by atoms with E-state index in [1.54, 1.807) is 0 Å². The van der Waals surface area contributed by atoms with E-state index in [1.807, 2.05) is 12.2 Å². The summed E-state index contributed by atoms with van der Waals surface area (Å²) in [6, 6.07) is 0. The van der Waals surface area contributed by atoms with Crippen LogP contribution in [-0.2, 0) is 14.3 Å². The lowest BCUT2D eigenvalue weighted by atomic mass is 9.79. The summed E-state index contributed by atoms with van der Waals surface area (Å²) >= 11 is 0. The number of hydrogen-bond donors (Lipinski definition) is 0. The van der Waals surface area contributed by atoms with E-state index in [0.29, 0.717) is 0 Å². The maximum absolute atomic E-state index is 11.3. The summed E-state index contributed by atoms with van der Waals surface area (Å²) < 4.78 is 5.47. The number of ketones is 2. The highest BCUT2D eigenvalue weighted by Gasteiger charge is 2.50. The van der Waals surface area contributed by atoms with Crippen LogP contribution in [0.3, 0.4) is 0 Å². The quantitative estimate of drug-likeness (QED) is 0.588. The Labute approximate surface area is 76.8 Å². The zero-order valence-electron chi connectivity index (χ0n) is 7.69. The first-order chi connectivity index (χ1) is 6.11. The number of carbonyl (C=O) groups excluding carboxylic acids is 2. The second kappa shape index (κ2) is 2.77. The van der Waals surface area contributed by atoms with E-state index in [4.69, 9.17) is 4.74 Å². The molecule has 0 amide bonds. The number of hydrogen-bond acceptors (Lipinski definition) is 3. The maximum Gasteiger partial charge on any atom is 0.136 e. The highest BCUT2D eigenvalue weighted by atomic mass is 16.5. The van der Waals surface area contributed by atoms with Crippen molar-refractivity contribution in [1.82, 2.24) is 0 Å². The summed E-state index contributed by atoms with van der Waals surface area (Å²) in [7, 11) is 0. The summed E-state index contributed by atoms with van der Waals surface area (Å²) in [6.45, 7) is 3.05. The average molecular weight is 180 g/mol. The van der Waals surface area contributed by atoms with Gasteiger partial charge in [-0.25, -0.2) is 0 Å². The normalized spacial score (nSPS) is 41.1. The molecule has 70 valence electrons. The van der Waals surface area contributed by atoms with Gasteiger partial charge in [-0.15, -0.1) is 0 Å². The zero-order chi connectivity index (χ0) is 9.59. The smallest absolute Gasteiger partial charge is 0.136 e. The van der Waals surface area contributed by atoms with Gasteiger partial charge in [0, 0.05) is 0 Å². The van der Waals surface area contributed by atoms with Crippen molar-refractivity contribution in [2.45, 2.75) is 26.1 Å². The van der Waals surface area contributed by atoms with Crippen molar-refractivity contribution in [3.63, 3.8) is 0 Å². The third-order valence-electron chi connectivity index (χ3n) is 2.84. The Hall–Kier alpha value is -0.960. The van der Waals surface area contributed by atoms with E-state index in [9.17, 15) is 9.59 Å². The number of ether oxygens (including phenoxy) is 1. The van der Waals surface area contributed by atoms with Gasteiger partial charge in [-0.2, -0.15) is 0 Å². The molecule has 0 spiro atoms. The topological polar surface area (TPSA) is 43.4 Å². The van der Waals surface area contributed by atoms with Crippen molar-refractivity contribution in [3.8, 4) is 0 Å². The molecule has 2 aliphatic heterocycles. The molecule has 2 aliphatic rings. The first-order valence-corrected chi connectivity index (χ1v) is 4.46. The van der Waals surface area contributed by atoms with Crippen molar-refractivity contribution in [2.24, 2.45) is 11.8 Å². The third kappa shape index (κ3) is 1.15. The first-order valence-electron chi connectivity index (χ1n) is 4.46. The van der Waals surface area contributed by atoms with Crippen LogP contribution in [0.1, 0.15) is 13.8 Å². The Morgan fingerprint density at radius 2 is 1.38 bits per heavy atom. The van der Waals surface area contributed by atoms with Crippen LogP contribution in [0.4, 0.5) is 0 Å². The average Bonchev–Trinajstić information content (AvgIpc) is 2.60. The Bertz CT molecular complexity index is 265. The Morgan fingerprint density at radius 1 is 1.00 bits per heavy atom. The molecule has 0 aromatic carbocycles. The molecule has 2 rings (SSSR count). The van der Waals surface area contributed by atoms with Crippen LogP contribution >= 0.6 is 0 Å². The summed E-state index contributed by atoms with van der Waals surface area (Å²) in [4.78, 5) is 22.6. The number of rotatable bonds is 2. The van der Waals surface area contributed by atoms with Gasteiger partial charge < -0.3 is 4.74 Å². The number of fused-ring (bicyclic) bond motifs is 2. The number of Topliss-reactive ketones (excluding diaryl/α,β-unsaturated/α-hetero) is 2. The lowest BCUT2D eigenvalue weighted by Gasteiger charge is -2.19. The second-order valence-corrected chi connectivity index (χ2v) is 3.72. The Kier molecular flexibility index (Phi) is 1.84. The van der Waals surface area contributed by atoms with E-state index < -0.39 is 0 Å². The molecule has 1 fully saturated rings. The molecule has 1 saturated heterocycles. The standard InChI is InChI=1S/C10H12O3/c1-5(11)9-7-3-4-8(13-7)10(9)6(2)12/h3-4,7-10H,1-2H3/t7-,8+,9-,10+. The molecule has 0 unspecified atom stereocenters. The van der Waals surface area contributed by atoms with Gasteiger partial charge in [0.25, 0.3) is 0 Å². The highest BCUT2D eigenvalue weighted by molar-refractivity contribution is 5.89. The molecule has 2 heterocycles. The minimum Gasteiger partial charge on any atom is -0.365 e. The summed E-state index contributed by atoms with van der Waals surface area (Å²) in [6.07, 6.45) is 3.46. The molecule has 3 nitrogen and oxygen atoms in total. The van der Waals surface area contributed by atoms with Gasteiger partial charge in [0.2, 0.25) is 0 Å². The van der Waals surface area contributed by atoms with Crippen LogP contribution in [0, 0.1) is 11.8 Å². The molecule has 2 bridgehead atoms. The number of carbonyl (C=O) groups is 2. The van der Waals surface area contributed by atoms with Gasteiger partial charge in [-0.05, 0) is 13.8 Å². The van der Waals surface area contributed by atoms with E-state index in [1.165, 1.54) is 13.8 Å². The summed E-state index contributed by atoms with van der Waals surface area (Å²) in [5, 5.41) is 0. The largest absolute Gasteiger partial charge is 0.365 e. The molecule has 0 aromatic heterocycles. The van der Waals surface area contributed by atoms with Crippen LogP contribution in [0.15, 0.2) is 12.2 Å². The van der Waals surface area contributed by atoms with Crippen LogP contribution in [0.2, 0.25) is 0 Å². The lowest BCUT2D eigenvalue weighted by Crippen LogP contribution is -2.34. The van der Waals surface area contributed by atoms with E-state index in [-0.39, 0.29) is 35.6 Å². The lowest BCUT2D eigenvalue weighted by molar-refractivity contribution is -0.129. The molecular formula is C10H12O3. The molecule has 13 heavy (non-hydrogen) atoms. The molecular weight excluding hydrogens is 168 g/mol.